The third-order valence-corrected chi connectivity index (χ3v) is 6.39. The Morgan fingerprint density at radius 2 is 1.70 bits per heavy atom. The van der Waals surface area contributed by atoms with E-state index in [-0.39, 0.29) is 6.04 Å². The zero-order chi connectivity index (χ0) is 19.0. The van der Waals surface area contributed by atoms with Crippen LogP contribution in [0, 0.1) is 5.92 Å². The molecule has 0 radical (unpaired) electrons. The van der Waals surface area contributed by atoms with Crippen molar-refractivity contribution in [2.45, 2.75) is 25.3 Å². The molecule has 27 heavy (non-hydrogen) atoms. The van der Waals surface area contributed by atoms with Crippen LogP contribution in [0.25, 0.3) is 6.08 Å². The predicted molar refractivity (Wildman–Crippen MR) is 122 cm³/mol. The van der Waals surface area contributed by atoms with E-state index in [9.17, 15) is 0 Å². The van der Waals surface area contributed by atoms with Gasteiger partial charge in [-0.1, -0.05) is 56.1 Å². The third-order valence-electron chi connectivity index (χ3n) is 5.15. The Labute approximate surface area is 181 Å². The maximum atomic E-state index is 6.04. The largest absolute Gasteiger partial charge is 0.375 e. The lowest BCUT2D eigenvalue weighted by atomic mass is 9.77. The highest BCUT2D eigenvalue weighted by molar-refractivity contribution is 9.10. The summed E-state index contributed by atoms with van der Waals surface area (Å²) in [4.78, 5) is 0. The smallest absolute Gasteiger partial charge is 0.187 e. The van der Waals surface area contributed by atoms with Crippen LogP contribution < -0.4 is 5.73 Å². The van der Waals surface area contributed by atoms with Gasteiger partial charge in [0, 0.05) is 14.9 Å². The molecule has 0 spiro atoms. The normalized spacial score (nSPS) is 23.3. The number of nitrogens with zero attached hydrogens (tertiary/aromatic N) is 2. The van der Waals surface area contributed by atoms with Gasteiger partial charge in [0.05, 0.1) is 11.8 Å². The number of hydrogen-bond donors (Lipinski definition) is 1. The van der Waals surface area contributed by atoms with Crippen molar-refractivity contribution in [2.24, 2.45) is 16.8 Å². The van der Waals surface area contributed by atoms with E-state index in [1.54, 1.807) is 0 Å². The van der Waals surface area contributed by atoms with Crippen LogP contribution in [-0.4, -0.2) is 15.8 Å². The summed E-state index contributed by atoms with van der Waals surface area (Å²) >= 11 is 12.3. The first kappa shape index (κ1) is 18.8. The van der Waals surface area contributed by atoms with Crippen molar-refractivity contribution < 1.29 is 0 Å². The van der Waals surface area contributed by atoms with E-state index in [0.29, 0.717) is 11.0 Å². The fourth-order valence-corrected chi connectivity index (χ4v) is 4.62. The van der Waals surface area contributed by atoms with Gasteiger partial charge in [0.25, 0.3) is 0 Å². The number of nitrogens with two attached hydrogens (primary N) is 1. The molecule has 0 amide bonds. The van der Waals surface area contributed by atoms with Gasteiger partial charge in [0.2, 0.25) is 0 Å². The maximum Gasteiger partial charge on any atom is 0.187 e. The summed E-state index contributed by atoms with van der Waals surface area (Å²) in [5, 5.41) is 7.04. The fourth-order valence-electron chi connectivity index (χ4n) is 3.94. The number of allylic oxidation sites excluding steroid dienone is 1. The molecule has 4 rings (SSSR count). The Morgan fingerprint density at radius 1 is 1.07 bits per heavy atom. The topological polar surface area (TPSA) is 41.6 Å². The second-order valence-electron chi connectivity index (χ2n) is 6.88. The molecule has 2 aliphatic rings. The lowest BCUT2D eigenvalue weighted by Gasteiger charge is -2.29. The van der Waals surface area contributed by atoms with Crippen LogP contribution in [0.4, 0.5) is 0 Å². The zero-order valence-electron chi connectivity index (χ0n) is 14.6. The van der Waals surface area contributed by atoms with Crippen LogP contribution in [0.15, 0.2) is 68.2 Å². The molecule has 2 N–H and O–H groups in total. The monoisotopic (exact) mass is 503 g/mol. The average molecular weight is 505 g/mol. The van der Waals surface area contributed by atoms with Crippen molar-refractivity contribution in [2.75, 3.05) is 0 Å². The minimum atomic E-state index is 0.0687. The Kier molecular flexibility index (Phi) is 5.48. The Bertz CT molecular complexity index is 919. The van der Waals surface area contributed by atoms with Crippen LogP contribution in [-0.2, 0) is 0 Å². The van der Waals surface area contributed by atoms with Crippen LogP contribution >= 0.6 is 44.1 Å². The molecule has 0 saturated heterocycles. The van der Waals surface area contributed by atoms with Gasteiger partial charge in [-0.2, -0.15) is 5.10 Å². The first-order valence-electron chi connectivity index (χ1n) is 8.92. The summed E-state index contributed by atoms with van der Waals surface area (Å²) in [7, 11) is 0. The summed E-state index contributed by atoms with van der Waals surface area (Å²) in [5.74, 6) is 0.308. The highest BCUT2D eigenvalue weighted by atomic mass is 79.9. The van der Waals surface area contributed by atoms with Gasteiger partial charge in [-0.25, -0.2) is 5.01 Å². The van der Waals surface area contributed by atoms with Gasteiger partial charge in [-0.05, 0) is 78.5 Å². The van der Waals surface area contributed by atoms with Crippen molar-refractivity contribution >= 4 is 61.0 Å². The van der Waals surface area contributed by atoms with E-state index in [4.69, 9.17) is 23.1 Å². The summed E-state index contributed by atoms with van der Waals surface area (Å²) in [5.41, 5.74) is 10.8. The molecule has 2 aromatic rings. The standard InChI is InChI=1S/C21H19Br2N3S/c22-16-8-4-13(5-9-16)12-15-2-1-3-18-19(15)25-26(21(24)27)20(18)14-6-10-17(23)11-7-14/h4-12,18,20H,1-3H2,(H2,24,27)/b15-12+/t18-,20+/m0/s1. The first-order chi connectivity index (χ1) is 13.0. The van der Waals surface area contributed by atoms with Crippen LogP contribution in [0.5, 0.6) is 0 Å². The second-order valence-corrected chi connectivity index (χ2v) is 9.13. The molecule has 0 unspecified atom stereocenters. The number of hydrazone groups is 1. The highest BCUT2D eigenvalue weighted by Gasteiger charge is 2.42. The molecule has 3 nitrogen and oxygen atoms in total. The van der Waals surface area contributed by atoms with Crippen molar-refractivity contribution in [1.29, 1.82) is 0 Å². The fraction of sp³-hybridized carbons (Fsp3) is 0.238. The van der Waals surface area contributed by atoms with E-state index in [1.165, 1.54) is 16.7 Å². The van der Waals surface area contributed by atoms with Gasteiger partial charge >= 0.3 is 0 Å². The molecule has 0 bridgehead atoms. The van der Waals surface area contributed by atoms with Crippen LogP contribution in [0.3, 0.4) is 0 Å². The Hall–Kier alpha value is -1.50. The molecule has 0 aromatic heterocycles. The molecule has 2 atom stereocenters. The third kappa shape index (κ3) is 3.89. The Balaban J connectivity index is 1.72. The summed E-state index contributed by atoms with van der Waals surface area (Å²) < 4.78 is 2.14. The van der Waals surface area contributed by atoms with Gasteiger partial charge in [0.1, 0.15) is 0 Å². The lowest BCUT2D eigenvalue weighted by molar-refractivity contribution is 0.305. The van der Waals surface area contributed by atoms with Gasteiger partial charge in [-0.15, -0.1) is 0 Å². The molecular formula is C21H19Br2N3S. The van der Waals surface area contributed by atoms with Crippen LogP contribution in [0.2, 0.25) is 0 Å². The molecule has 1 fully saturated rings. The molecular weight excluding hydrogens is 486 g/mol. The minimum absolute atomic E-state index is 0.0687. The minimum Gasteiger partial charge on any atom is -0.375 e. The number of rotatable bonds is 2. The highest BCUT2D eigenvalue weighted by Crippen LogP contribution is 2.44. The number of halogens is 2. The number of thiocarbonyl (C=S) groups is 1. The van der Waals surface area contributed by atoms with Crippen molar-refractivity contribution in [3.63, 3.8) is 0 Å². The van der Waals surface area contributed by atoms with Gasteiger partial charge in [-0.3, -0.25) is 0 Å². The zero-order valence-corrected chi connectivity index (χ0v) is 18.6. The number of benzene rings is 2. The molecule has 1 aliphatic carbocycles. The molecule has 1 saturated carbocycles. The predicted octanol–water partition coefficient (Wildman–Crippen LogP) is 6.05. The van der Waals surface area contributed by atoms with E-state index >= 15 is 0 Å². The summed E-state index contributed by atoms with van der Waals surface area (Å²) in [6.07, 6.45) is 5.52. The van der Waals surface area contributed by atoms with E-state index in [2.05, 4.69) is 86.5 Å². The second kappa shape index (κ2) is 7.86. The van der Waals surface area contributed by atoms with Gasteiger partial charge in [0.15, 0.2) is 5.11 Å². The van der Waals surface area contributed by atoms with E-state index < -0.39 is 0 Å². The number of hydrogen-bond acceptors (Lipinski definition) is 2. The number of fused-ring (bicyclic) bond motifs is 1. The lowest BCUT2D eigenvalue weighted by Crippen LogP contribution is -2.34. The van der Waals surface area contributed by atoms with Crippen molar-refractivity contribution in [3.05, 3.63) is 74.2 Å². The van der Waals surface area contributed by atoms with Crippen molar-refractivity contribution in [1.82, 2.24) is 5.01 Å². The quantitative estimate of drug-likeness (QED) is 0.506. The summed E-state index contributed by atoms with van der Waals surface area (Å²) in [6.45, 7) is 0. The molecule has 6 heteroatoms. The van der Waals surface area contributed by atoms with Gasteiger partial charge < -0.3 is 5.73 Å². The summed E-state index contributed by atoms with van der Waals surface area (Å²) in [6, 6.07) is 16.8. The maximum absolute atomic E-state index is 6.04. The average Bonchev–Trinajstić information content (AvgIpc) is 3.05. The van der Waals surface area contributed by atoms with Crippen LogP contribution in [0.1, 0.15) is 36.4 Å². The first-order valence-corrected chi connectivity index (χ1v) is 10.9. The van der Waals surface area contributed by atoms with Crippen molar-refractivity contribution in [3.8, 4) is 0 Å². The molecule has 1 aliphatic heterocycles. The molecule has 138 valence electrons. The molecule has 1 heterocycles. The van der Waals surface area contributed by atoms with E-state index in [0.717, 1.165) is 33.9 Å². The SMILES string of the molecule is NC(=S)N1N=C2/C(=C/c3ccc(Br)cc3)CCC[C@@H]2[C@H]1c1ccc(Br)cc1. The van der Waals surface area contributed by atoms with E-state index in [1.807, 2.05) is 5.01 Å². The molecule has 2 aromatic carbocycles. The Morgan fingerprint density at radius 3 is 2.33 bits per heavy atom.